The van der Waals surface area contributed by atoms with Crippen LogP contribution >= 0.6 is 0 Å². The van der Waals surface area contributed by atoms with Crippen molar-refractivity contribution in [3.8, 4) is 0 Å². The van der Waals surface area contributed by atoms with Crippen molar-refractivity contribution in [2.75, 3.05) is 11.9 Å². The minimum Gasteiger partial charge on any atom is -0.386 e. The third kappa shape index (κ3) is 6.44. The molecular weight excluding hydrogens is 470 g/mol. The molecule has 0 aliphatic heterocycles. The van der Waals surface area contributed by atoms with Crippen LogP contribution in [0.5, 0.6) is 0 Å². The number of amides is 1. The van der Waals surface area contributed by atoms with Gasteiger partial charge < -0.3 is 10.4 Å². The first kappa shape index (κ1) is 25.4. The summed E-state index contributed by atoms with van der Waals surface area (Å²) in [6.45, 7) is 2.44. The zero-order chi connectivity index (χ0) is 25.3. The van der Waals surface area contributed by atoms with Crippen LogP contribution in [-0.2, 0) is 23.1 Å². The molecule has 2 aromatic heterocycles. The number of halogens is 6. The van der Waals surface area contributed by atoms with E-state index in [4.69, 9.17) is 0 Å². The number of hydrogen-bond donors (Lipinski definition) is 2. The summed E-state index contributed by atoms with van der Waals surface area (Å²) in [6, 6.07) is 5.85. The lowest BCUT2D eigenvalue weighted by Gasteiger charge is -2.22. The lowest BCUT2D eigenvalue weighted by atomic mass is 9.95. The minimum atomic E-state index is -4.73. The van der Waals surface area contributed by atoms with Crippen molar-refractivity contribution >= 4 is 22.5 Å². The highest BCUT2D eigenvalue weighted by molar-refractivity contribution is 6.04. The molecule has 1 aromatic carbocycles. The van der Waals surface area contributed by atoms with E-state index in [0.717, 1.165) is 18.2 Å². The Bertz CT molecular complexity index is 1180. The molecule has 0 unspecified atom stereocenters. The molecule has 2 N–H and O–H groups in total. The molecule has 0 aliphatic rings. The van der Waals surface area contributed by atoms with Gasteiger partial charge in [-0.2, -0.15) is 18.3 Å². The van der Waals surface area contributed by atoms with Gasteiger partial charge in [-0.1, -0.05) is 6.07 Å². The largest absolute Gasteiger partial charge is 0.522 e. The van der Waals surface area contributed by atoms with Crippen LogP contribution in [0.3, 0.4) is 0 Å². The smallest absolute Gasteiger partial charge is 0.386 e. The summed E-state index contributed by atoms with van der Waals surface area (Å²) in [7, 11) is 0. The number of aryl methyl sites for hydroxylation is 1. The maximum absolute atomic E-state index is 12.9. The van der Waals surface area contributed by atoms with E-state index in [-0.39, 0.29) is 24.2 Å². The van der Waals surface area contributed by atoms with Gasteiger partial charge in [0, 0.05) is 29.4 Å². The number of anilines is 1. The Morgan fingerprint density at radius 2 is 1.85 bits per heavy atom. The van der Waals surface area contributed by atoms with E-state index in [2.05, 4.69) is 20.1 Å². The Kier molecular flexibility index (Phi) is 6.90. The van der Waals surface area contributed by atoms with Crippen LogP contribution in [0.25, 0.3) is 10.9 Å². The number of fused-ring (bicyclic) bond motifs is 1. The molecule has 2 heterocycles. The quantitative estimate of drug-likeness (QED) is 0.365. The van der Waals surface area contributed by atoms with E-state index < -0.39 is 42.0 Å². The molecule has 3 aromatic rings. The first-order valence-corrected chi connectivity index (χ1v) is 9.94. The number of ether oxygens (including phenoxy) is 1. The van der Waals surface area contributed by atoms with Crippen molar-refractivity contribution in [3.05, 3.63) is 53.5 Å². The summed E-state index contributed by atoms with van der Waals surface area (Å²) in [4.78, 5) is 16.0. The predicted octanol–water partition coefficient (Wildman–Crippen LogP) is 4.86. The molecule has 0 bridgehead atoms. The molecule has 0 aliphatic carbocycles. The lowest BCUT2D eigenvalue weighted by molar-refractivity contribution is -0.324. The average Bonchev–Trinajstić information content (AvgIpc) is 3.10. The van der Waals surface area contributed by atoms with Crippen LogP contribution in [0.2, 0.25) is 0 Å². The van der Waals surface area contributed by atoms with Gasteiger partial charge in [0.05, 0.1) is 17.7 Å². The highest BCUT2D eigenvalue weighted by atomic mass is 19.4. The number of aliphatic hydroxyl groups is 1. The number of alkyl halides is 6. The van der Waals surface area contributed by atoms with Crippen LogP contribution in [-0.4, -0.2) is 38.7 Å². The molecule has 184 valence electrons. The van der Waals surface area contributed by atoms with Crippen molar-refractivity contribution < 1.29 is 41.0 Å². The number of benzene rings is 1. The fraction of sp³-hybridized carbons (Fsp3) is 0.381. The molecule has 0 saturated carbocycles. The van der Waals surface area contributed by atoms with Gasteiger partial charge in [0.25, 0.3) is 5.91 Å². The Morgan fingerprint density at radius 1 is 1.15 bits per heavy atom. The van der Waals surface area contributed by atoms with Crippen LogP contribution in [0.4, 0.5) is 32.0 Å². The molecule has 0 atom stereocenters. The van der Waals surface area contributed by atoms with Gasteiger partial charge in [-0.25, -0.2) is 4.98 Å². The summed E-state index contributed by atoms with van der Waals surface area (Å²) in [5.41, 5.74) is -2.44. The lowest BCUT2D eigenvalue weighted by Crippen LogP contribution is -2.22. The van der Waals surface area contributed by atoms with Crippen LogP contribution < -0.4 is 5.32 Å². The molecule has 1 amide bonds. The molecular formula is C21H20F6N4O3. The topological polar surface area (TPSA) is 89.3 Å². The number of aromatic nitrogens is 3. The Labute approximate surface area is 189 Å². The van der Waals surface area contributed by atoms with E-state index in [1.54, 1.807) is 0 Å². The second-order valence-corrected chi connectivity index (χ2v) is 7.92. The molecule has 3 rings (SSSR count). The highest BCUT2D eigenvalue weighted by Gasteiger charge is 2.33. The fourth-order valence-corrected chi connectivity index (χ4v) is 3.17. The molecule has 0 fully saturated rings. The Hall–Kier alpha value is -3.19. The first-order chi connectivity index (χ1) is 15.6. The molecule has 0 spiro atoms. The van der Waals surface area contributed by atoms with E-state index >= 15 is 0 Å². The Balaban J connectivity index is 1.87. The summed E-state index contributed by atoms with van der Waals surface area (Å²) >= 11 is 0. The van der Waals surface area contributed by atoms with Gasteiger partial charge in [-0.05, 0) is 44.5 Å². The highest BCUT2D eigenvalue weighted by Crippen LogP contribution is 2.32. The maximum atomic E-state index is 12.9. The van der Waals surface area contributed by atoms with Crippen LogP contribution in [0.1, 0.15) is 42.0 Å². The van der Waals surface area contributed by atoms with Gasteiger partial charge in [-0.15, -0.1) is 13.2 Å². The average molecular weight is 490 g/mol. The van der Waals surface area contributed by atoms with E-state index in [1.807, 2.05) is 0 Å². The minimum absolute atomic E-state index is 0.0245. The zero-order valence-electron chi connectivity index (χ0n) is 18.0. The summed E-state index contributed by atoms with van der Waals surface area (Å²) in [6.07, 6.45) is -7.91. The van der Waals surface area contributed by atoms with Gasteiger partial charge in [-0.3, -0.25) is 14.2 Å². The van der Waals surface area contributed by atoms with Gasteiger partial charge in [0.15, 0.2) is 0 Å². The number of hydrogen-bond acceptors (Lipinski definition) is 5. The number of carbonyl (C=O) groups excluding carboxylic acids is 1. The molecule has 34 heavy (non-hydrogen) atoms. The van der Waals surface area contributed by atoms with E-state index in [9.17, 15) is 36.2 Å². The first-order valence-electron chi connectivity index (χ1n) is 9.94. The number of carbonyl (C=O) groups is 1. The molecule has 0 saturated heterocycles. The van der Waals surface area contributed by atoms with Crippen molar-refractivity contribution in [1.82, 2.24) is 14.8 Å². The van der Waals surface area contributed by atoms with Crippen molar-refractivity contribution in [2.45, 2.75) is 45.0 Å². The summed E-state index contributed by atoms with van der Waals surface area (Å²) < 4.78 is 80.2. The van der Waals surface area contributed by atoms with Crippen molar-refractivity contribution in [3.63, 3.8) is 0 Å². The second kappa shape index (κ2) is 9.22. The third-order valence-electron chi connectivity index (χ3n) is 4.67. The van der Waals surface area contributed by atoms with Crippen molar-refractivity contribution in [2.24, 2.45) is 0 Å². The van der Waals surface area contributed by atoms with E-state index in [0.29, 0.717) is 10.9 Å². The second-order valence-electron chi connectivity index (χ2n) is 7.92. The molecule has 0 radical (unpaired) electrons. The molecule has 7 nitrogen and oxygen atoms in total. The third-order valence-corrected chi connectivity index (χ3v) is 4.67. The normalized spacial score (nSPS) is 12.9. The maximum Gasteiger partial charge on any atom is 0.522 e. The summed E-state index contributed by atoms with van der Waals surface area (Å²) in [5.74, 6) is -0.923. The zero-order valence-corrected chi connectivity index (χ0v) is 18.0. The fourth-order valence-electron chi connectivity index (χ4n) is 3.17. The summed E-state index contributed by atoms with van der Waals surface area (Å²) in [5, 5.41) is 17.8. The molecule has 13 heteroatoms. The van der Waals surface area contributed by atoms with Crippen molar-refractivity contribution in [1.29, 1.82) is 0 Å². The van der Waals surface area contributed by atoms with Gasteiger partial charge >= 0.3 is 12.5 Å². The Morgan fingerprint density at radius 3 is 2.47 bits per heavy atom. The number of nitrogens with one attached hydrogen (secondary N) is 1. The number of rotatable bonds is 7. The van der Waals surface area contributed by atoms with Crippen LogP contribution in [0.15, 0.2) is 36.5 Å². The van der Waals surface area contributed by atoms with Crippen LogP contribution in [0, 0.1) is 0 Å². The van der Waals surface area contributed by atoms with E-state index in [1.165, 1.54) is 36.9 Å². The van der Waals surface area contributed by atoms with Gasteiger partial charge in [0.2, 0.25) is 0 Å². The van der Waals surface area contributed by atoms with Gasteiger partial charge in [0.1, 0.15) is 11.4 Å². The predicted molar refractivity (Wildman–Crippen MR) is 109 cm³/mol. The number of nitrogens with zero attached hydrogens (tertiary/aromatic N) is 3. The number of pyridine rings is 1. The monoisotopic (exact) mass is 490 g/mol. The SMILES string of the molecule is CC(C)(O)c1cc2nn(CCCOC(F)(F)F)cc2cc1NC(=O)c1cccc(C(F)(F)F)n1. The standard InChI is InChI=1S/C21H20F6N4O3/c1-19(2,33)13-10-15-12(11-31(30-15)7-4-8-34-21(25,26)27)9-16(13)29-18(32)14-5-3-6-17(28-14)20(22,23)24/h3,5-6,9-11,33H,4,7-8H2,1-2H3,(H,29,32).